The quantitative estimate of drug-likeness (QED) is 0.369. The molecule has 0 bridgehead atoms. The van der Waals surface area contributed by atoms with Gasteiger partial charge in [0.15, 0.2) is 5.16 Å². The van der Waals surface area contributed by atoms with Crippen LogP contribution in [0, 0.1) is 26.6 Å². The molecule has 0 aliphatic carbocycles. The SMILES string of the molecule is Cc1cc(C)nc(SCc2ccc(C(=O)NNC(=O)c3ccc(C)c(F)c3)cc2)n1. The molecular weight excluding hydrogens is 403 g/mol. The van der Waals surface area contributed by atoms with Gasteiger partial charge in [-0.25, -0.2) is 14.4 Å². The highest BCUT2D eigenvalue weighted by molar-refractivity contribution is 7.98. The van der Waals surface area contributed by atoms with E-state index in [2.05, 4.69) is 20.8 Å². The summed E-state index contributed by atoms with van der Waals surface area (Å²) in [5.74, 6) is -0.870. The predicted octanol–water partition coefficient (Wildman–Crippen LogP) is 3.91. The number of nitrogens with zero attached hydrogens (tertiary/aromatic N) is 2. The second-order valence-corrected chi connectivity index (χ2v) is 7.73. The second kappa shape index (κ2) is 9.49. The molecule has 154 valence electrons. The third-order valence-electron chi connectivity index (χ3n) is 4.27. The van der Waals surface area contributed by atoms with Gasteiger partial charge in [0.2, 0.25) is 0 Å². The highest BCUT2D eigenvalue weighted by atomic mass is 32.2. The molecule has 2 amide bonds. The molecule has 1 heterocycles. The fourth-order valence-corrected chi connectivity index (χ4v) is 3.56. The van der Waals surface area contributed by atoms with E-state index in [0.717, 1.165) is 23.0 Å². The molecule has 0 unspecified atom stereocenters. The molecule has 1 aromatic heterocycles. The number of carbonyl (C=O) groups is 2. The van der Waals surface area contributed by atoms with Crippen molar-refractivity contribution in [2.45, 2.75) is 31.7 Å². The van der Waals surface area contributed by atoms with Crippen LogP contribution in [-0.4, -0.2) is 21.8 Å². The number of thioether (sulfide) groups is 1. The number of hydrazine groups is 1. The molecule has 3 rings (SSSR count). The molecule has 0 spiro atoms. The Bertz CT molecular complexity index is 1070. The minimum absolute atomic E-state index is 0.124. The first-order valence-corrected chi connectivity index (χ1v) is 10.2. The normalized spacial score (nSPS) is 10.5. The van der Waals surface area contributed by atoms with Crippen LogP contribution in [0.2, 0.25) is 0 Å². The Hall–Kier alpha value is -3.26. The van der Waals surface area contributed by atoms with Crippen LogP contribution >= 0.6 is 11.8 Å². The van der Waals surface area contributed by atoms with Gasteiger partial charge in [-0.3, -0.25) is 20.4 Å². The third kappa shape index (κ3) is 5.64. The van der Waals surface area contributed by atoms with Gasteiger partial charge in [0, 0.05) is 28.3 Å². The Morgan fingerprint density at radius 2 is 1.43 bits per heavy atom. The number of amides is 2. The van der Waals surface area contributed by atoms with Crippen molar-refractivity contribution in [1.82, 2.24) is 20.8 Å². The van der Waals surface area contributed by atoms with Crippen LogP contribution in [0.1, 0.15) is 43.2 Å². The van der Waals surface area contributed by atoms with Crippen molar-refractivity contribution in [1.29, 1.82) is 0 Å². The summed E-state index contributed by atoms with van der Waals surface area (Å²) >= 11 is 1.52. The molecule has 0 saturated carbocycles. The molecule has 30 heavy (non-hydrogen) atoms. The Morgan fingerprint density at radius 3 is 2.03 bits per heavy atom. The highest BCUT2D eigenvalue weighted by Crippen LogP contribution is 2.20. The Kier molecular flexibility index (Phi) is 6.79. The first-order valence-electron chi connectivity index (χ1n) is 9.22. The summed E-state index contributed by atoms with van der Waals surface area (Å²) in [6.45, 7) is 5.47. The van der Waals surface area contributed by atoms with Gasteiger partial charge < -0.3 is 0 Å². The minimum Gasteiger partial charge on any atom is -0.267 e. The van der Waals surface area contributed by atoms with Gasteiger partial charge in [-0.2, -0.15) is 0 Å². The van der Waals surface area contributed by atoms with Crippen LogP contribution in [-0.2, 0) is 5.75 Å². The number of halogens is 1. The largest absolute Gasteiger partial charge is 0.269 e. The van der Waals surface area contributed by atoms with Gasteiger partial charge in [-0.1, -0.05) is 30.0 Å². The van der Waals surface area contributed by atoms with Crippen molar-refractivity contribution >= 4 is 23.6 Å². The lowest BCUT2D eigenvalue weighted by molar-refractivity contribution is 0.0846. The molecule has 2 N–H and O–H groups in total. The topological polar surface area (TPSA) is 84.0 Å². The van der Waals surface area contributed by atoms with E-state index in [9.17, 15) is 14.0 Å². The van der Waals surface area contributed by atoms with Crippen LogP contribution in [0.5, 0.6) is 0 Å². The van der Waals surface area contributed by atoms with E-state index in [1.165, 1.54) is 23.9 Å². The summed E-state index contributed by atoms with van der Waals surface area (Å²) in [5, 5.41) is 0.713. The molecule has 0 saturated heterocycles. The van der Waals surface area contributed by atoms with Gasteiger partial charge in [-0.05, 0) is 62.2 Å². The molecular formula is C22H21FN4O2S. The standard InChI is InChI=1S/C22H21FN4O2S/c1-13-4-7-18(11-19(13)23)21(29)27-26-20(28)17-8-5-16(6-9-17)12-30-22-24-14(2)10-15(3)25-22/h4-11H,12H2,1-3H3,(H,26,28)(H,27,29). The Balaban J connectivity index is 1.54. The van der Waals surface area contributed by atoms with Gasteiger partial charge in [-0.15, -0.1) is 0 Å². The lowest BCUT2D eigenvalue weighted by Gasteiger charge is -2.09. The highest BCUT2D eigenvalue weighted by Gasteiger charge is 2.11. The Labute approximate surface area is 178 Å². The molecule has 0 aliphatic rings. The summed E-state index contributed by atoms with van der Waals surface area (Å²) < 4.78 is 13.6. The lowest BCUT2D eigenvalue weighted by Crippen LogP contribution is -2.41. The number of nitrogens with one attached hydrogen (secondary N) is 2. The summed E-state index contributed by atoms with van der Waals surface area (Å²) in [7, 11) is 0. The van der Waals surface area contributed by atoms with Gasteiger partial charge in [0.25, 0.3) is 11.8 Å². The summed E-state index contributed by atoms with van der Waals surface area (Å²) in [4.78, 5) is 33.1. The van der Waals surface area contributed by atoms with Crippen LogP contribution < -0.4 is 10.9 Å². The molecule has 8 heteroatoms. The Morgan fingerprint density at radius 1 is 0.867 bits per heavy atom. The van der Waals surface area contributed by atoms with E-state index in [4.69, 9.17) is 0 Å². The van der Waals surface area contributed by atoms with Crippen LogP contribution in [0.25, 0.3) is 0 Å². The molecule has 0 aliphatic heterocycles. The smallest absolute Gasteiger partial charge is 0.267 e. The zero-order valence-corrected chi connectivity index (χ0v) is 17.6. The molecule has 3 aromatic rings. The van der Waals surface area contributed by atoms with Crippen molar-refractivity contribution in [3.8, 4) is 0 Å². The van der Waals surface area contributed by atoms with E-state index in [-0.39, 0.29) is 5.56 Å². The van der Waals surface area contributed by atoms with Crippen LogP contribution in [0.4, 0.5) is 4.39 Å². The summed E-state index contributed by atoms with van der Waals surface area (Å²) in [6, 6.07) is 13.1. The van der Waals surface area contributed by atoms with E-state index in [0.29, 0.717) is 22.0 Å². The number of carbonyl (C=O) groups excluding carboxylic acids is 2. The molecule has 2 aromatic carbocycles. The summed E-state index contributed by atoms with van der Waals surface area (Å²) in [5.41, 5.74) is 8.44. The molecule has 0 radical (unpaired) electrons. The second-order valence-electron chi connectivity index (χ2n) is 6.79. The first kappa shape index (κ1) is 21.4. The van der Waals surface area contributed by atoms with Crippen molar-refractivity contribution < 1.29 is 14.0 Å². The zero-order chi connectivity index (χ0) is 21.7. The van der Waals surface area contributed by atoms with E-state index < -0.39 is 17.6 Å². The van der Waals surface area contributed by atoms with Crippen LogP contribution in [0.15, 0.2) is 53.7 Å². The first-order chi connectivity index (χ1) is 14.3. The average molecular weight is 425 g/mol. The number of hydrogen-bond acceptors (Lipinski definition) is 5. The average Bonchev–Trinajstić information content (AvgIpc) is 2.72. The maximum atomic E-state index is 13.6. The number of aromatic nitrogens is 2. The van der Waals surface area contributed by atoms with Crippen molar-refractivity contribution in [3.05, 3.63) is 88.0 Å². The maximum absolute atomic E-state index is 13.6. The van der Waals surface area contributed by atoms with Gasteiger partial charge >= 0.3 is 0 Å². The zero-order valence-electron chi connectivity index (χ0n) is 16.8. The van der Waals surface area contributed by atoms with Crippen molar-refractivity contribution in [3.63, 3.8) is 0 Å². The molecule has 0 atom stereocenters. The predicted molar refractivity (Wildman–Crippen MR) is 114 cm³/mol. The van der Waals surface area contributed by atoms with Crippen molar-refractivity contribution in [2.24, 2.45) is 0 Å². The van der Waals surface area contributed by atoms with Crippen molar-refractivity contribution in [2.75, 3.05) is 0 Å². The van der Waals surface area contributed by atoms with E-state index >= 15 is 0 Å². The third-order valence-corrected chi connectivity index (χ3v) is 5.19. The fraction of sp³-hybridized carbons (Fsp3) is 0.182. The lowest BCUT2D eigenvalue weighted by atomic mass is 10.1. The maximum Gasteiger partial charge on any atom is 0.269 e. The van der Waals surface area contributed by atoms with Crippen LogP contribution in [0.3, 0.4) is 0 Å². The number of benzene rings is 2. The molecule has 6 nitrogen and oxygen atoms in total. The minimum atomic E-state index is -0.594. The number of hydrogen-bond donors (Lipinski definition) is 2. The number of aryl methyl sites for hydroxylation is 3. The number of rotatable bonds is 5. The monoisotopic (exact) mass is 424 g/mol. The van der Waals surface area contributed by atoms with E-state index in [1.807, 2.05) is 32.0 Å². The fourth-order valence-electron chi connectivity index (χ4n) is 2.65. The molecule has 0 fully saturated rings. The summed E-state index contributed by atoms with van der Waals surface area (Å²) in [6.07, 6.45) is 0. The van der Waals surface area contributed by atoms with Gasteiger partial charge in [0.05, 0.1) is 0 Å². The van der Waals surface area contributed by atoms with E-state index in [1.54, 1.807) is 19.1 Å². The van der Waals surface area contributed by atoms with Gasteiger partial charge in [0.1, 0.15) is 5.82 Å².